The van der Waals surface area contributed by atoms with Gasteiger partial charge in [0.2, 0.25) is 0 Å². The summed E-state index contributed by atoms with van der Waals surface area (Å²) in [7, 11) is 0. The zero-order valence-electron chi connectivity index (χ0n) is 5.75. The van der Waals surface area contributed by atoms with Gasteiger partial charge in [0.15, 0.2) is 0 Å². The van der Waals surface area contributed by atoms with Crippen LogP contribution >= 0.6 is 0 Å². The molecule has 0 radical (unpaired) electrons. The van der Waals surface area contributed by atoms with Gasteiger partial charge in [-0.15, -0.1) is 0 Å². The number of β-amino-alcohol motifs (C(OH)–C–C–N with tert-alkyl or cyclic N) is 1. The van der Waals surface area contributed by atoms with E-state index in [4.69, 9.17) is 9.84 Å². The molecule has 0 atom stereocenters. The maximum absolute atomic E-state index is 10.8. The number of aliphatic hydroxyl groups excluding tert-OH is 1. The Kier molecular flexibility index (Phi) is 2.50. The lowest BCUT2D eigenvalue weighted by Crippen LogP contribution is -2.39. The van der Waals surface area contributed by atoms with Crippen molar-refractivity contribution in [2.45, 2.75) is 6.42 Å². The van der Waals surface area contributed by atoms with Crippen LogP contribution in [-0.4, -0.2) is 42.4 Å². The predicted octanol–water partition coefficient (Wildman–Crippen LogP) is -0.179. The zero-order chi connectivity index (χ0) is 7.40. The molecule has 1 heterocycles. The van der Waals surface area contributed by atoms with Gasteiger partial charge in [-0.25, -0.2) is 4.79 Å². The molecule has 1 N–H and O–H groups in total. The van der Waals surface area contributed by atoms with Crippen molar-refractivity contribution in [3.05, 3.63) is 0 Å². The zero-order valence-corrected chi connectivity index (χ0v) is 5.75. The van der Waals surface area contributed by atoms with Crippen molar-refractivity contribution < 1.29 is 14.6 Å². The molecule has 1 rings (SSSR count). The van der Waals surface area contributed by atoms with Crippen molar-refractivity contribution in [3.8, 4) is 0 Å². The summed E-state index contributed by atoms with van der Waals surface area (Å²) in [6.45, 7) is 1.62. The van der Waals surface area contributed by atoms with E-state index in [1.807, 2.05) is 0 Å². The van der Waals surface area contributed by atoms with Gasteiger partial charge in [-0.05, 0) is 6.42 Å². The standard InChI is InChI=1S/C6H11NO3/c8-4-3-7-2-1-5-10-6(7)9/h8H,1-5H2. The molecule has 0 bridgehead atoms. The SMILES string of the molecule is O=C1OCCCN1CCO. The molecule has 0 saturated carbocycles. The molecule has 0 aliphatic carbocycles. The Balaban J connectivity index is 2.32. The van der Waals surface area contributed by atoms with Crippen LogP contribution in [0.3, 0.4) is 0 Å². The molecule has 1 saturated heterocycles. The molecule has 1 fully saturated rings. The number of rotatable bonds is 2. The lowest BCUT2D eigenvalue weighted by Gasteiger charge is -2.25. The Bertz CT molecular complexity index is 124. The molecule has 0 aromatic rings. The summed E-state index contributed by atoms with van der Waals surface area (Å²) < 4.78 is 4.72. The maximum atomic E-state index is 10.8. The minimum absolute atomic E-state index is 0.00903. The highest BCUT2D eigenvalue weighted by atomic mass is 16.6. The highest BCUT2D eigenvalue weighted by molar-refractivity contribution is 5.68. The first kappa shape index (κ1) is 7.34. The molecule has 10 heavy (non-hydrogen) atoms. The Labute approximate surface area is 59.4 Å². The van der Waals surface area contributed by atoms with Crippen LogP contribution in [0.5, 0.6) is 0 Å². The molecular formula is C6H11NO3. The fourth-order valence-corrected chi connectivity index (χ4v) is 0.921. The van der Waals surface area contributed by atoms with Crippen LogP contribution in [0.25, 0.3) is 0 Å². The smallest absolute Gasteiger partial charge is 0.409 e. The van der Waals surface area contributed by atoms with Crippen molar-refractivity contribution in [2.75, 3.05) is 26.3 Å². The summed E-state index contributed by atoms with van der Waals surface area (Å²) >= 11 is 0. The van der Waals surface area contributed by atoms with Crippen LogP contribution in [0.2, 0.25) is 0 Å². The second kappa shape index (κ2) is 3.41. The van der Waals surface area contributed by atoms with Gasteiger partial charge in [0.05, 0.1) is 13.2 Å². The van der Waals surface area contributed by atoms with Crippen molar-refractivity contribution in [3.63, 3.8) is 0 Å². The molecule has 0 aromatic carbocycles. The van der Waals surface area contributed by atoms with Crippen molar-refractivity contribution in [1.29, 1.82) is 0 Å². The quantitative estimate of drug-likeness (QED) is 0.586. The van der Waals surface area contributed by atoms with Crippen molar-refractivity contribution >= 4 is 6.09 Å². The second-order valence-corrected chi connectivity index (χ2v) is 2.18. The number of ether oxygens (including phenoxy) is 1. The Hall–Kier alpha value is -0.770. The first-order valence-corrected chi connectivity index (χ1v) is 3.37. The monoisotopic (exact) mass is 145 g/mol. The molecule has 4 heteroatoms. The lowest BCUT2D eigenvalue weighted by molar-refractivity contribution is 0.0655. The predicted molar refractivity (Wildman–Crippen MR) is 34.6 cm³/mol. The summed E-state index contributed by atoms with van der Waals surface area (Å²) in [6.07, 6.45) is 0.562. The van der Waals surface area contributed by atoms with Gasteiger partial charge >= 0.3 is 6.09 Å². The molecule has 1 aliphatic rings. The van der Waals surface area contributed by atoms with E-state index in [-0.39, 0.29) is 12.7 Å². The molecule has 4 nitrogen and oxygen atoms in total. The number of nitrogens with zero attached hydrogens (tertiary/aromatic N) is 1. The van der Waals surface area contributed by atoms with E-state index in [9.17, 15) is 4.79 Å². The second-order valence-electron chi connectivity index (χ2n) is 2.18. The highest BCUT2D eigenvalue weighted by Gasteiger charge is 2.17. The molecule has 1 amide bonds. The number of hydrogen-bond acceptors (Lipinski definition) is 3. The van der Waals surface area contributed by atoms with Gasteiger partial charge in [0.1, 0.15) is 0 Å². The number of hydrogen-bond donors (Lipinski definition) is 1. The molecular weight excluding hydrogens is 134 g/mol. The number of aliphatic hydroxyl groups is 1. The van der Waals surface area contributed by atoms with E-state index in [2.05, 4.69) is 0 Å². The third-order valence-corrected chi connectivity index (χ3v) is 1.43. The van der Waals surface area contributed by atoms with Crippen LogP contribution in [0.15, 0.2) is 0 Å². The van der Waals surface area contributed by atoms with Gasteiger partial charge in [0.25, 0.3) is 0 Å². The molecule has 58 valence electrons. The highest BCUT2D eigenvalue weighted by Crippen LogP contribution is 2.02. The van der Waals surface area contributed by atoms with Crippen LogP contribution < -0.4 is 0 Å². The van der Waals surface area contributed by atoms with Crippen molar-refractivity contribution in [1.82, 2.24) is 4.90 Å². The number of carbonyl (C=O) groups is 1. The third-order valence-electron chi connectivity index (χ3n) is 1.43. The number of amides is 1. The first-order chi connectivity index (χ1) is 4.84. The summed E-state index contributed by atoms with van der Waals surface area (Å²) in [5, 5.41) is 8.49. The minimum atomic E-state index is -0.305. The van der Waals surface area contributed by atoms with Gasteiger partial charge in [0, 0.05) is 13.1 Å². The van der Waals surface area contributed by atoms with Gasteiger partial charge in [-0.3, -0.25) is 0 Å². The van der Waals surface area contributed by atoms with Crippen LogP contribution in [0.1, 0.15) is 6.42 Å². The van der Waals surface area contributed by atoms with E-state index in [0.29, 0.717) is 19.7 Å². The van der Waals surface area contributed by atoms with Crippen LogP contribution in [0.4, 0.5) is 4.79 Å². The topological polar surface area (TPSA) is 49.8 Å². The van der Waals surface area contributed by atoms with E-state index >= 15 is 0 Å². The molecule has 1 aliphatic heterocycles. The summed E-state index contributed by atoms with van der Waals surface area (Å²) in [5.41, 5.74) is 0. The van der Waals surface area contributed by atoms with Gasteiger partial charge in [-0.1, -0.05) is 0 Å². The summed E-state index contributed by atoms with van der Waals surface area (Å²) in [5.74, 6) is 0. The van der Waals surface area contributed by atoms with Crippen LogP contribution in [0, 0.1) is 0 Å². The summed E-state index contributed by atoms with van der Waals surface area (Å²) in [6, 6.07) is 0. The van der Waals surface area contributed by atoms with E-state index in [0.717, 1.165) is 6.42 Å². The Morgan fingerprint density at radius 2 is 2.50 bits per heavy atom. The first-order valence-electron chi connectivity index (χ1n) is 3.37. The summed E-state index contributed by atoms with van der Waals surface area (Å²) in [4.78, 5) is 12.3. The van der Waals surface area contributed by atoms with Crippen LogP contribution in [-0.2, 0) is 4.74 Å². The third kappa shape index (κ3) is 1.60. The Morgan fingerprint density at radius 3 is 3.10 bits per heavy atom. The number of carbonyl (C=O) groups excluding carboxylic acids is 1. The lowest BCUT2D eigenvalue weighted by atomic mass is 10.4. The molecule has 0 unspecified atom stereocenters. The largest absolute Gasteiger partial charge is 0.449 e. The normalized spacial score (nSPS) is 18.9. The maximum Gasteiger partial charge on any atom is 0.409 e. The van der Waals surface area contributed by atoms with Crippen molar-refractivity contribution in [2.24, 2.45) is 0 Å². The van der Waals surface area contributed by atoms with Gasteiger partial charge < -0.3 is 14.7 Å². The molecule has 0 spiro atoms. The fraction of sp³-hybridized carbons (Fsp3) is 0.833. The van der Waals surface area contributed by atoms with E-state index in [1.165, 1.54) is 4.90 Å². The molecule has 0 aromatic heterocycles. The average Bonchev–Trinajstić information content (AvgIpc) is 1.94. The van der Waals surface area contributed by atoms with E-state index < -0.39 is 0 Å². The minimum Gasteiger partial charge on any atom is -0.449 e. The van der Waals surface area contributed by atoms with Gasteiger partial charge in [-0.2, -0.15) is 0 Å². The Morgan fingerprint density at radius 1 is 1.70 bits per heavy atom. The fourth-order valence-electron chi connectivity index (χ4n) is 0.921. The number of cyclic esters (lactones) is 1. The van der Waals surface area contributed by atoms with E-state index in [1.54, 1.807) is 0 Å². The average molecular weight is 145 g/mol.